The fraction of sp³-hybridized carbons (Fsp3) is 0.357. The molecule has 0 radical (unpaired) electrons. The second-order valence-corrected chi connectivity index (χ2v) is 4.80. The van der Waals surface area contributed by atoms with Gasteiger partial charge in [0.25, 0.3) is 0 Å². The minimum atomic E-state index is 0.454. The van der Waals surface area contributed by atoms with Crippen LogP contribution in [0.2, 0.25) is 0 Å². The van der Waals surface area contributed by atoms with Crippen molar-refractivity contribution in [3.8, 4) is 0 Å². The van der Waals surface area contributed by atoms with Gasteiger partial charge in [-0.2, -0.15) is 5.10 Å². The monoisotopic (exact) mass is 227 g/mol. The molecule has 3 rings (SSSR count). The number of rotatable bonds is 1. The Balaban J connectivity index is 2.10. The predicted octanol–water partition coefficient (Wildman–Crippen LogP) is 2.76. The molecule has 2 heterocycles. The van der Waals surface area contributed by atoms with E-state index in [0.717, 1.165) is 6.42 Å². The summed E-state index contributed by atoms with van der Waals surface area (Å²) in [4.78, 5) is 0. The van der Waals surface area contributed by atoms with E-state index in [1.54, 1.807) is 0 Å². The number of hydrogen-bond donors (Lipinski definition) is 1. The van der Waals surface area contributed by atoms with Crippen LogP contribution in [0.1, 0.15) is 30.5 Å². The molecule has 3 heteroatoms. The molecule has 3 nitrogen and oxygen atoms in total. The van der Waals surface area contributed by atoms with Crippen molar-refractivity contribution >= 4 is 5.69 Å². The summed E-state index contributed by atoms with van der Waals surface area (Å²) >= 11 is 0. The molecule has 0 spiro atoms. The number of benzene rings is 1. The van der Waals surface area contributed by atoms with Gasteiger partial charge in [-0.05, 0) is 31.0 Å². The minimum Gasteiger partial charge on any atom is -0.382 e. The van der Waals surface area contributed by atoms with Crippen molar-refractivity contribution in [2.45, 2.75) is 25.3 Å². The first-order valence-corrected chi connectivity index (χ1v) is 6.09. The van der Waals surface area contributed by atoms with E-state index in [2.05, 4.69) is 47.7 Å². The van der Waals surface area contributed by atoms with Crippen molar-refractivity contribution in [1.82, 2.24) is 9.78 Å². The highest BCUT2D eigenvalue weighted by Crippen LogP contribution is 2.38. The summed E-state index contributed by atoms with van der Waals surface area (Å²) in [5.74, 6) is 0.454. The van der Waals surface area contributed by atoms with E-state index in [0.29, 0.717) is 12.0 Å². The van der Waals surface area contributed by atoms with Gasteiger partial charge >= 0.3 is 0 Å². The van der Waals surface area contributed by atoms with Gasteiger partial charge in [0, 0.05) is 36.6 Å². The summed E-state index contributed by atoms with van der Waals surface area (Å²) in [6.07, 6.45) is 3.00. The maximum absolute atomic E-state index is 4.29. The Hall–Kier alpha value is -1.77. The molecule has 1 aromatic heterocycles. The molecule has 2 unspecified atom stereocenters. The molecule has 17 heavy (non-hydrogen) atoms. The molecule has 0 bridgehead atoms. The molecule has 0 saturated carbocycles. The number of fused-ring (bicyclic) bond motifs is 1. The van der Waals surface area contributed by atoms with Crippen LogP contribution in [0.3, 0.4) is 0 Å². The molecule has 1 aromatic carbocycles. The van der Waals surface area contributed by atoms with Crippen LogP contribution in [0.25, 0.3) is 0 Å². The van der Waals surface area contributed by atoms with E-state index in [1.807, 2.05) is 17.9 Å². The molecule has 1 aliphatic heterocycles. The van der Waals surface area contributed by atoms with Crippen molar-refractivity contribution in [3.05, 3.63) is 47.8 Å². The molecule has 2 atom stereocenters. The fourth-order valence-corrected chi connectivity index (χ4v) is 2.74. The van der Waals surface area contributed by atoms with Gasteiger partial charge < -0.3 is 5.32 Å². The van der Waals surface area contributed by atoms with Gasteiger partial charge in [-0.1, -0.05) is 18.2 Å². The van der Waals surface area contributed by atoms with Crippen LogP contribution in [0.15, 0.2) is 36.5 Å². The lowest BCUT2D eigenvalue weighted by Gasteiger charge is -2.31. The van der Waals surface area contributed by atoms with E-state index >= 15 is 0 Å². The molecule has 88 valence electrons. The molecule has 0 saturated heterocycles. The van der Waals surface area contributed by atoms with Gasteiger partial charge in [0.15, 0.2) is 0 Å². The predicted molar refractivity (Wildman–Crippen MR) is 69.2 cm³/mol. The Morgan fingerprint density at radius 3 is 2.88 bits per heavy atom. The van der Waals surface area contributed by atoms with Crippen molar-refractivity contribution in [3.63, 3.8) is 0 Å². The zero-order chi connectivity index (χ0) is 11.8. The summed E-state index contributed by atoms with van der Waals surface area (Å²) < 4.78 is 1.99. The molecule has 1 aliphatic rings. The summed E-state index contributed by atoms with van der Waals surface area (Å²) in [5.41, 5.74) is 3.94. The number of anilines is 1. The number of aromatic nitrogens is 2. The Labute approximate surface area is 101 Å². The topological polar surface area (TPSA) is 29.9 Å². The standard InChI is InChI=1S/C14H17N3/c1-10-9-12(14-7-8-15-17(14)2)11-5-3-4-6-13(11)16-10/h3-8,10,12,16H,9H2,1-2H3. The molecule has 0 amide bonds. The normalized spacial score (nSPS) is 22.9. The quantitative estimate of drug-likeness (QED) is 0.811. The van der Waals surface area contributed by atoms with E-state index in [9.17, 15) is 0 Å². The lowest BCUT2D eigenvalue weighted by molar-refractivity contribution is 0.570. The van der Waals surface area contributed by atoms with Gasteiger partial charge in [-0.25, -0.2) is 0 Å². The van der Waals surface area contributed by atoms with E-state index in [1.165, 1.54) is 16.9 Å². The number of para-hydroxylation sites is 1. The molecule has 0 aliphatic carbocycles. The SMILES string of the molecule is CC1CC(c2ccnn2C)c2ccccc2N1. The zero-order valence-corrected chi connectivity index (χ0v) is 10.2. The van der Waals surface area contributed by atoms with Gasteiger partial charge in [0.05, 0.1) is 0 Å². The Morgan fingerprint density at radius 2 is 2.12 bits per heavy atom. The molecular weight excluding hydrogens is 210 g/mol. The van der Waals surface area contributed by atoms with Crippen molar-refractivity contribution < 1.29 is 0 Å². The van der Waals surface area contributed by atoms with Crippen LogP contribution in [-0.4, -0.2) is 15.8 Å². The smallest absolute Gasteiger partial charge is 0.0492 e. The second-order valence-electron chi connectivity index (χ2n) is 4.80. The molecule has 0 fully saturated rings. The average Bonchev–Trinajstić information content (AvgIpc) is 2.74. The summed E-state index contributed by atoms with van der Waals surface area (Å²) in [6, 6.07) is 11.2. The van der Waals surface area contributed by atoms with Crippen LogP contribution >= 0.6 is 0 Å². The molecular formula is C14H17N3. The third kappa shape index (κ3) is 1.71. The zero-order valence-electron chi connectivity index (χ0n) is 10.2. The number of nitrogens with one attached hydrogen (secondary N) is 1. The van der Waals surface area contributed by atoms with Gasteiger partial charge in [0.2, 0.25) is 0 Å². The minimum absolute atomic E-state index is 0.454. The third-order valence-electron chi connectivity index (χ3n) is 3.54. The molecule has 2 aromatic rings. The second kappa shape index (κ2) is 3.91. The first-order chi connectivity index (χ1) is 8.25. The van der Waals surface area contributed by atoms with Gasteiger partial charge in [0.1, 0.15) is 0 Å². The van der Waals surface area contributed by atoms with Crippen LogP contribution < -0.4 is 5.32 Å². The Morgan fingerprint density at radius 1 is 1.29 bits per heavy atom. The third-order valence-corrected chi connectivity index (χ3v) is 3.54. The van der Waals surface area contributed by atoms with Crippen LogP contribution in [0.4, 0.5) is 5.69 Å². The summed E-state index contributed by atoms with van der Waals surface area (Å²) in [7, 11) is 2.02. The number of nitrogens with zero attached hydrogens (tertiary/aromatic N) is 2. The average molecular weight is 227 g/mol. The Kier molecular flexibility index (Phi) is 2.39. The number of aryl methyl sites for hydroxylation is 1. The lowest BCUT2D eigenvalue weighted by Crippen LogP contribution is -2.26. The van der Waals surface area contributed by atoms with Crippen molar-refractivity contribution in [2.75, 3.05) is 5.32 Å². The fourth-order valence-electron chi connectivity index (χ4n) is 2.74. The van der Waals surface area contributed by atoms with Crippen LogP contribution in [0.5, 0.6) is 0 Å². The number of hydrogen-bond acceptors (Lipinski definition) is 2. The van der Waals surface area contributed by atoms with Crippen molar-refractivity contribution in [1.29, 1.82) is 0 Å². The maximum Gasteiger partial charge on any atom is 0.0492 e. The molecule has 1 N–H and O–H groups in total. The maximum atomic E-state index is 4.29. The van der Waals surface area contributed by atoms with Crippen LogP contribution in [0, 0.1) is 0 Å². The van der Waals surface area contributed by atoms with E-state index < -0.39 is 0 Å². The highest BCUT2D eigenvalue weighted by molar-refractivity contribution is 5.57. The Bertz CT molecular complexity index is 530. The lowest BCUT2D eigenvalue weighted by atomic mass is 9.85. The van der Waals surface area contributed by atoms with Gasteiger partial charge in [-0.15, -0.1) is 0 Å². The first kappa shape index (κ1) is 10.4. The first-order valence-electron chi connectivity index (χ1n) is 6.09. The largest absolute Gasteiger partial charge is 0.382 e. The van der Waals surface area contributed by atoms with E-state index in [4.69, 9.17) is 0 Å². The highest BCUT2D eigenvalue weighted by Gasteiger charge is 2.26. The summed E-state index contributed by atoms with van der Waals surface area (Å²) in [6.45, 7) is 2.24. The van der Waals surface area contributed by atoms with Crippen molar-refractivity contribution in [2.24, 2.45) is 7.05 Å². The summed E-state index contributed by atoms with van der Waals surface area (Å²) in [5, 5.41) is 7.83. The van der Waals surface area contributed by atoms with E-state index in [-0.39, 0.29) is 0 Å². The highest BCUT2D eigenvalue weighted by atomic mass is 15.3. The van der Waals surface area contributed by atoms with Crippen LogP contribution in [-0.2, 0) is 7.05 Å². The van der Waals surface area contributed by atoms with Gasteiger partial charge in [-0.3, -0.25) is 4.68 Å².